The molecular formula is C65H84N12O25S. The van der Waals surface area contributed by atoms with Gasteiger partial charge in [-0.25, -0.2) is 0 Å². The summed E-state index contributed by atoms with van der Waals surface area (Å²) in [6.45, 7) is -3.21. The van der Waals surface area contributed by atoms with E-state index in [-0.39, 0.29) is 30.4 Å². The molecule has 23 N–H and O–H groups in total. The van der Waals surface area contributed by atoms with Gasteiger partial charge < -0.3 is 148 Å². The quantitative estimate of drug-likeness (QED) is 0.0440. The van der Waals surface area contributed by atoms with Gasteiger partial charge >= 0.3 is 0 Å². The van der Waals surface area contributed by atoms with Crippen molar-refractivity contribution in [2.24, 2.45) is 21.5 Å². The summed E-state index contributed by atoms with van der Waals surface area (Å²) in [4.78, 5) is 96.7. The Morgan fingerprint density at radius 3 is 2.00 bits per heavy atom. The van der Waals surface area contributed by atoms with Gasteiger partial charge in [0.2, 0.25) is 41.7 Å². The van der Waals surface area contributed by atoms with E-state index in [1.807, 2.05) is 35.0 Å². The number of ether oxygens (including phenoxy) is 7. The topological polar surface area (TPSA) is 574 Å². The Morgan fingerprint density at radius 2 is 1.31 bits per heavy atom. The molecule has 0 saturated carbocycles. The van der Waals surface area contributed by atoms with Gasteiger partial charge in [-0.2, -0.15) is 11.3 Å². The van der Waals surface area contributed by atoms with Gasteiger partial charge in [-0.3, -0.25) is 38.8 Å². The lowest BCUT2D eigenvalue weighted by molar-refractivity contribution is -0.383. The van der Waals surface area contributed by atoms with Gasteiger partial charge in [-0.15, -0.1) is 0 Å². The highest BCUT2D eigenvalue weighted by Crippen LogP contribution is 2.38. The number of nitrogens with two attached hydrogens (primary N) is 2. The Hall–Kier alpha value is -8.20. The maximum Gasteiger partial charge on any atom is 0.246 e. The zero-order valence-electron chi connectivity index (χ0n) is 55.0. The minimum absolute atomic E-state index is 0.0468. The molecule has 8 heterocycles. The van der Waals surface area contributed by atoms with E-state index in [0.29, 0.717) is 11.1 Å². The molecule has 0 bridgehead atoms. The second-order valence-electron chi connectivity index (χ2n) is 25.8. The summed E-state index contributed by atoms with van der Waals surface area (Å²) in [5, 5.41) is 155. The van der Waals surface area contributed by atoms with Crippen molar-refractivity contribution in [1.82, 2.24) is 42.1 Å². The predicted molar refractivity (Wildman–Crippen MR) is 353 cm³/mol. The van der Waals surface area contributed by atoms with Gasteiger partial charge in [0.25, 0.3) is 0 Å². The SMILES string of the molecule is CC(c1ccccc1)C1NC(=O)CNC(=O)C(CO)NC(=O)C(C(O)C2CN=C(N)N2C2OC(CO)C(O)C(O)C2O)NC(=O)C(C(O)C2CN=C(N)N2)NC(=O)C(Cc2ccc(OC3OC(CO)C(OC4OC5COC(c6cccc(-c7ccsc7)c6)OC5C(O)C4O)C(O)C3O)cc2)NC1=O. The Balaban J connectivity index is 0.833. The van der Waals surface area contributed by atoms with Gasteiger partial charge in [0.1, 0.15) is 121 Å². The van der Waals surface area contributed by atoms with Crippen LogP contribution in [0.15, 0.2) is 106 Å². The number of carbonyl (C=O) groups is 6. The fraction of sp³-hybridized carbons (Fsp3) is 0.538. The molecule has 0 aliphatic carbocycles. The first-order valence-electron chi connectivity index (χ1n) is 33.1. The molecule has 11 rings (SSSR count). The van der Waals surface area contributed by atoms with Crippen molar-refractivity contribution in [3.8, 4) is 16.9 Å². The molecule has 6 amide bonds. The number of thiophene rings is 1. The average Bonchev–Trinajstić information content (AvgIpc) is 1.76. The summed E-state index contributed by atoms with van der Waals surface area (Å²) >= 11 is 1.53. The molecule has 103 heavy (non-hydrogen) atoms. The van der Waals surface area contributed by atoms with Crippen LogP contribution in [0.2, 0.25) is 0 Å². The third-order valence-electron chi connectivity index (χ3n) is 19.0. The Labute approximate surface area is 590 Å². The van der Waals surface area contributed by atoms with Gasteiger partial charge in [-0.1, -0.05) is 67.6 Å². The van der Waals surface area contributed by atoms with Crippen molar-refractivity contribution in [3.05, 3.63) is 112 Å². The van der Waals surface area contributed by atoms with Crippen LogP contribution >= 0.6 is 11.3 Å². The first-order valence-corrected chi connectivity index (χ1v) is 34.0. The number of guanidine groups is 2. The van der Waals surface area contributed by atoms with E-state index in [4.69, 9.17) is 44.6 Å². The summed E-state index contributed by atoms with van der Waals surface area (Å²) in [6, 6.07) is 10.4. The minimum atomic E-state index is -2.35. The van der Waals surface area contributed by atoms with Gasteiger partial charge in [0.15, 0.2) is 30.7 Å². The van der Waals surface area contributed by atoms with Crippen molar-refractivity contribution in [2.75, 3.05) is 46.1 Å². The number of hydrogen-bond acceptors (Lipinski definition) is 32. The highest BCUT2D eigenvalue weighted by molar-refractivity contribution is 7.08. The number of rotatable bonds is 18. The van der Waals surface area contributed by atoms with Gasteiger partial charge in [0.05, 0.1) is 58.1 Å². The molecule has 7 aliphatic heterocycles. The number of carbonyl (C=O) groups excluding carboxylic acids is 6. The number of amides is 6. The fourth-order valence-corrected chi connectivity index (χ4v) is 13.8. The molecule has 7 aliphatic rings. The van der Waals surface area contributed by atoms with Crippen molar-refractivity contribution in [1.29, 1.82) is 0 Å². The number of aliphatic hydroxyl groups is 12. The fourth-order valence-electron chi connectivity index (χ4n) is 13.2. The average molecular weight is 1470 g/mol. The van der Waals surface area contributed by atoms with E-state index < -0.39 is 239 Å². The van der Waals surface area contributed by atoms with Crippen molar-refractivity contribution in [3.63, 3.8) is 0 Å². The van der Waals surface area contributed by atoms with Crippen LogP contribution < -0.4 is 53.4 Å². The van der Waals surface area contributed by atoms with Crippen LogP contribution in [-0.4, -0.2) is 306 Å². The number of aliphatic hydroxyl groups excluding tert-OH is 12. The smallest absolute Gasteiger partial charge is 0.246 e. The van der Waals surface area contributed by atoms with Crippen LogP contribution in [0.25, 0.3) is 11.1 Å². The van der Waals surface area contributed by atoms with E-state index in [1.165, 1.54) is 35.6 Å². The molecule has 560 valence electrons. The number of hydrogen-bond donors (Lipinski definition) is 21. The molecule has 37 nitrogen and oxygen atoms in total. The number of nitrogens with one attached hydrogen (secondary N) is 7. The molecule has 1 aromatic heterocycles. The summed E-state index contributed by atoms with van der Waals surface area (Å²) in [6.07, 6.45) is -30.8. The van der Waals surface area contributed by atoms with Crippen LogP contribution in [0.5, 0.6) is 5.75 Å². The first kappa shape index (κ1) is 75.9. The highest BCUT2D eigenvalue weighted by atomic mass is 32.1. The Morgan fingerprint density at radius 1 is 0.621 bits per heavy atom. The van der Waals surface area contributed by atoms with E-state index >= 15 is 9.59 Å². The van der Waals surface area contributed by atoms with Crippen LogP contribution in [0.4, 0.5) is 0 Å². The molecule has 5 saturated heterocycles. The van der Waals surface area contributed by atoms with E-state index in [0.717, 1.165) is 16.0 Å². The van der Waals surface area contributed by atoms with Crippen molar-refractivity contribution < 1.29 is 123 Å². The van der Waals surface area contributed by atoms with Crippen LogP contribution in [0.3, 0.4) is 0 Å². The van der Waals surface area contributed by atoms with Crippen molar-refractivity contribution in [2.45, 2.75) is 172 Å². The number of benzene rings is 3. The van der Waals surface area contributed by atoms with Crippen LogP contribution in [-0.2, 0) is 63.6 Å². The second-order valence-corrected chi connectivity index (χ2v) is 26.6. The largest absolute Gasteiger partial charge is 0.462 e. The maximum absolute atomic E-state index is 15.2. The van der Waals surface area contributed by atoms with E-state index in [9.17, 15) is 80.5 Å². The van der Waals surface area contributed by atoms with Gasteiger partial charge in [0, 0.05) is 17.9 Å². The predicted octanol–water partition coefficient (Wildman–Crippen LogP) is -9.12. The van der Waals surface area contributed by atoms with Crippen molar-refractivity contribution >= 4 is 58.7 Å². The molecule has 4 aromatic rings. The van der Waals surface area contributed by atoms with Gasteiger partial charge in [-0.05, 0) is 57.3 Å². The lowest BCUT2D eigenvalue weighted by Crippen LogP contribution is -2.70. The Kier molecular flexibility index (Phi) is 24.5. The lowest BCUT2D eigenvalue weighted by atomic mass is 9.92. The molecule has 26 atom stereocenters. The highest BCUT2D eigenvalue weighted by Gasteiger charge is 2.55. The molecule has 26 unspecified atom stereocenters. The zero-order chi connectivity index (χ0) is 73.7. The van der Waals surface area contributed by atoms with Crippen LogP contribution in [0.1, 0.15) is 35.8 Å². The molecular weight excluding hydrogens is 1380 g/mol. The second kappa shape index (κ2) is 33.3. The standard InChI is InChI=1S/C65H84N12O25S/c1-26(28-6-3-2-4-7-28)41-57(93)71-33(16-27-10-12-32(13-11-27)97-62-51(89)48(86)53(38(23-80)99-62)102-63-52(90)49(87)54-39(100-63)24-96-61(101-54)30-9-5-8-29(17-30)31-14-15-103-25-31)56(92)75-42(44(82)34-18-69-64(66)73-34)59(95)76-43(58(94)72-35(21-78)55(91)68-20-40(81)74-41)45(83)36-19-70-65(67)77(36)60-50(88)47(85)46(84)37(22-79)98-60/h2-15,17,25-26,33-39,41-54,60-63,78-80,82-90H,16,18-24H2,1H3,(H2,67,70)(H,68,91)(H,71,93)(H,72,94)(H,74,81)(H,75,92)(H,76,95)(H3,66,69,73). The van der Waals surface area contributed by atoms with Crippen LogP contribution in [0, 0.1) is 0 Å². The molecule has 5 fully saturated rings. The van der Waals surface area contributed by atoms with E-state index in [2.05, 4.69) is 47.2 Å². The van der Waals surface area contributed by atoms with E-state index in [1.54, 1.807) is 43.3 Å². The number of fused-ring (bicyclic) bond motifs is 1. The molecule has 0 spiro atoms. The first-order chi connectivity index (χ1) is 49.4. The summed E-state index contributed by atoms with van der Waals surface area (Å²) in [5.41, 5.74) is 15.4. The number of aliphatic imine (C=N–C) groups is 2. The monoisotopic (exact) mass is 1460 g/mol. The summed E-state index contributed by atoms with van der Waals surface area (Å²) in [7, 11) is 0. The maximum atomic E-state index is 15.2. The number of nitrogens with zero attached hydrogens (tertiary/aromatic N) is 3. The zero-order valence-corrected chi connectivity index (χ0v) is 55.8. The third kappa shape index (κ3) is 16.8. The third-order valence-corrected chi connectivity index (χ3v) is 19.7. The minimum Gasteiger partial charge on any atom is -0.462 e. The molecule has 38 heteroatoms. The summed E-state index contributed by atoms with van der Waals surface area (Å²) < 4.78 is 41.8. The Bertz CT molecular complexity index is 3660. The normalized spacial score (nSPS) is 35.9. The summed E-state index contributed by atoms with van der Waals surface area (Å²) in [5.74, 6) is -8.91. The molecule has 0 radical (unpaired) electrons. The lowest BCUT2D eigenvalue weighted by Gasteiger charge is -2.48. The molecule has 3 aromatic carbocycles.